The summed E-state index contributed by atoms with van der Waals surface area (Å²) in [4.78, 5) is 23.2. The Bertz CT molecular complexity index is 367. The second-order valence-corrected chi connectivity index (χ2v) is 5.06. The molecule has 0 aliphatic heterocycles. The first-order valence-electron chi connectivity index (χ1n) is 5.87. The van der Waals surface area contributed by atoms with E-state index in [1.165, 1.54) is 14.0 Å². The van der Waals surface area contributed by atoms with E-state index in [1.807, 2.05) is 0 Å². The van der Waals surface area contributed by atoms with Crippen molar-refractivity contribution in [2.75, 3.05) is 20.1 Å². The van der Waals surface area contributed by atoms with Crippen molar-refractivity contribution < 1.29 is 27.9 Å². The van der Waals surface area contributed by atoms with Gasteiger partial charge in [-0.15, -0.1) is 0 Å². The van der Waals surface area contributed by atoms with Crippen molar-refractivity contribution in [3.8, 4) is 0 Å². The van der Waals surface area contributed by atoms with E-state index in [2.05, 4.69) is 5.32 Å². The second-order valence-electron chi connectivity index (χ2n) is 5.06. The third-order valence-electron chi connectivity index (χ3n) is 3.35. The largest absolute Gasteiger partial charge is 0.481 e. The van der Waals surface area contributed by atoms with Crippen LogP contribution >= 0.6 is 0 Å². The number of carbonyl (C=O) groups excluding carboxylic acids is 1. The summed E-state index contributed by atoms with van der Waals surface area (Å²) < 4.78 is 37.9. The lowest BCUT2D eigenvalue weighted by molar-refractivity contribution is -0.184. The molecule has 1 atom stereocenters. The molecule has 2 amide bonds. The first-order valence-corrected chi connectivity index (χ1v) is 5.87. The van der Waals surface area contributed by atoms with E-state index in [0.29, 0.717) is 0 Å². The Hall–Kier alpha value is -1.47. The summed E-state index contributed by atoms with van der Waals surface area (Å²) in [5.41, 5.74) is -1.79. The van der Waals surface area contributed by atoms with Gasteiger partial charge in [0.15, 0.2) is 0 Å². The molecule has 0 heterocycles. The fraction of sp³-hybridized carbons (Fsp3) is 0.818. The maximum atomic E-state index is 12.6. The number of hydrogen-bond donors (Lipinski definition) is 2. The van der Waals surface area contributed by atoms with Crippen LogP contribution in [0.2, 0.25) is 0 Å². The molecule has 19 heavy (non-hydrogen) atoms. The van der Waals surface area contributed by atoms with E-state index >= 15 is 0 Å². The van der Waals surface area contributed by atoms with Gasteiger partial charge < -0.3 is 15.3 Å². The van der Waals surface area contributed by atoms with Gasteiger partial charge in [-0.3, -0.25) is 4.79 Å². The highest BCUT2D eigenvalue weighted by molar-refractivity contribution is 5.75. The third-order valence-corrected chi connectivity index (χ3v) is 3.35. The number of urea groups is 1. The number of alkyl halides is 3. The third kappa shape index (κ3) is 3.74. The molecule has 1 unspecified atom stereocenters. The molecule has 8 heteroatoms. The average molecular weight is 282 g/mol. The molecule has 1 fully saturated rings. The Morgan fingerprint density at radius 2 is 1.95 bits per heavy atom. The molecule has 0 bridgehead atoms. The molecular formula is C11H17F3N2O3. The molecule has 5 nitrogen and oxygen atoms in total. The van der Waals surface area contributed by atoms with Gasteiger partial charge in [0.1, 0.15) is 0 Å². The van der Waals surface area contributed by atoms with E-state index in [9.17, 15) is 22.8 Å². The van der Waals surface area contributed by atoms with Crippen LogP contribution in [0.4, 0.5) is 18.0 Å². The molecule has 1 aliphatic rings. The lowest BCUT2D eigenvalue weighted by Gasteiger charge is -2.23. The van der Waals surface area contributed by atoms with E-state index < -0.39 is 36.1 Å². The van der Waals surface area contributed by atoms with Gasteiger partial charge in [-0.25, -0.2) is 4.79 Å². The van der Waals surface area contributed by atoms with E-state index in [-0.39, 0.29) is 19.4 Å². The van der Waals surface area contributed by atoms with Crippen LogP contribution in [0.1, 0.15) is 19.8 Å². The second kappa shape index (κ2) is 5.26. The van der Waals surface area contributed by atoms with Crippen LogP contribution in [0.3, 0.4) is 0 Å². The Morgan fingerprint density at radius 3 is 2.32 bits per heavy atom. The number of rotatable bonds is 5. The molecule has 0 aromatic heterocycles. The first-order chi connectivity index (χ1) is 8.59. The molecule has 0 aromatic rings. The summed E-state index contributed by atoms with van der Waals surface area (Å²) >= 11 is 0. The summed E-state index contributed by atoms with van der Waals surface area (Å²) in [7, 11) is 1.35. The van der Waals surface area contributed by atoms with Crippen molar-refractivity contribution in [1.82, 2.24) is 10.2 Å². The number of carbonyl (C=O) groups is 2. The fourth-order valence-electron chi connectivity index (χ4n) is 1.66. The summed E-state index contributed by atoms with van der Waals surface area (Å²) in [5.74, 6) is -1.83. The number of nitrogens with zero attached hydrogens (tertiary/aromatic N) is 1. The zero-order chi connectivity index (χ0) is 14.8. The monoisotopic (exact) mass is 282 g/mol. The Morgan fingerprint density at radius 1 is 1.42 bits per heavy atom. The Balaban J connectivity index is 2.42. The molecule has 0 radical (unpaired) electrons. The predicted molar refractivity (Wildman–Crippen MR) is 60.6 cm³/mol. The maximum absolute atomic E-state index is 12.6. The van der Waals surface area contributed by atoms with Crippen LogP contribution in [0.5, 0.6) is 0 Å². The van der Waals surface area contributed by atoms with Crippen molar-refractivity contribution in [3.63, 3.8) is 0 Å². The van der Waals surface area contributed by atoms with Crippen LogP contribution < -0.4 is 5.32 Å². The lowest BCUT2D eigenvalue weighted by Crippen LogP contribution is -2.45. The van der Waals surface area contributed by atoms with Crippen molar-refractivity contribution in [2.24, 2.45) is 11.3 Å². The number of carboxylic acid groups (broad SMARTS) is 1. The van der Waals surface area contributed by atoms with Gasteiger partial charge >= 0.3 is 18.2 Å². The maximum Gasteiger partial charge on any atom is 0.396 e. The average Bonchev–Trinajstić information content (AvgIpc) is 3.05. The number of halogens is 3. The van der Waals surface area contributed by atoms with Gasteiger partial charge in [0.2, 0.25) is 0 Å². The smallest absolute Gasteiger partial charge is 0.396 e. The Kier molecular flexibility index (Phi) is 4.32. The van der Waals surface area contributed by atoms with Gasteiger partial charge in [-0.2, -0.15) is 13.2 Å². The minimum Gasteiger partial charge on any atom is -0.481 e. The quantitative estimate of drug-likeness (QED) is 0.806. The molecule has 0 aromatic carbocycles. The fourth-order valence-corrected chi connectivity index (χ4v) is 1.66. The van der Waals surface area contributed by atoms with Crippen LogP contribution in [-0.4, -0.2) is 48.3 Å². The van der Waals surface area contributed by atoms with Gasteiger partial charge in [-0.05, 0) is 12.8 Å². The molecule has 110 valence electrons. The predicted octanol–water partition coefficient (Wildman–Crippen LogP) is 1.69. The first kappa shape index (κ1) is 15.6. The van der Waals surface area contributed by atoms with Gasteiger partial charge in [0, 0.05) is 20.1 Å². The van der Waals surface area contributed by atoms with Crippen LogP contribution in [0.25, 0.3) is 0 Å². The van der Waals surface area contributed by atoms with Crippen molar-refractivity contribution in [1.29, 1.82) is 0 Å². The Labute approximate surface area is 108 Å². The molecule has 2 N–H and O–H groups in total. The summed E-state index contributed by atoms with van der Waals surface area (Å²) in [6, 6.07) is -0.691. The van der Waals surface area contributed by atoms with Crippen LogP contribution in [0.15, 0.2) is 0 Å². The minimum atomic E-state index is -4.31. The molecule has 0 spiro atoms. The summed E-state index contributed by atoms with van der Waals surface area (Å²) in [6.45, 7) is 0.908. The number of nitrogens with one attached hydrogen (secondary N) is 1. The number of hydrogen-bond acceptors (Lipinski definition) is 2. The highest BCUT2D eigenvalue weighted by Gasteiger charge is 2.63. The topological polar surface area (TPSA) is 69.6 Å². The minimum absolute atomic E-state index is 0.0199. The normalized spacial score (nSPS) is 18.6. The summed E-state index contributed by atoms with van der Waals surface area (Å²) in [6.07, 6.45) is -4.27. The number of carboxylic acids is 1. The van der Waals surface area contributed by atoms with Crippen molar-refractivity contribution in [2.45, 2.75) is 25.9 Å². The van der Waals surface area contributed by atoms with Crippen molar-refractivity contribution in [3.05, 3.63) is 0 Å². The molecule has 0 saturated heterocycles. The SMILES string of the molecule is CC(CN(C)C(=O)NCC1(C(F)(F)F)CC1)C(=O)O. The standard InChI is InChI=1S/C11H17F3N2O3/c1-7(8(17)18)5-16(2)9(19)15-6-10(3-4-10)11(12,13)14/h7H,3-6H2,1-2H3,(H,15,19)(H,17,18). The van der Waals surface area contributed by atoms with Gasteiger partial charge in [-0.1, -0.05) is 6.92 Å². The zero-order valence-corrected chi connectivity index (χ0v) is 10.8. The highest BCUT2D eigenvalue weighted by atomic mass is 19.4. The molecular weight excluding hydrogens is 265 g/mol. The zero-order valence-electron chi connectivity index (χ0n) is 10.8. The van der Waals surface area contributed by atoms with E-state index in [1.54, 1.807) is 0 Å². The van der Waals surface area contributed by atoms with E-state index in [0.717, 1.165) is 4.90 Å². The van der Waals surface area contributed by atoms with E-state index in [4.69, 9.17) is 5.11 Å². The number of aliphatic carboxylic acids is 1. The molecule has 1 aliphatic carbocycles. The van der Waals surface area contributed by atoms with Gasteiger partial charge in [0.05, 0.1) is 11.3 Å². The molecule has 1 rings (SSSR count). The summed E-state index contributed by atoms with van der Waals surface area (Å²) in [5, 5.41) is 10.9. The molecule has 1 saturated carbocycles. The van der Waals surface area contributed by atoms with Crippen LogP contribution in [-0.2, 0) is 4.79 Å². The van der Waals surface area contributed by atoms with Crippen molar-refractivity contribution >= 4 is 12.0 Å². The van der Waals surface area contributed by atoms with Crippen LogP contribution in [0, 0.1) is 11.3 Å². The van der Waals surface area contributed by atoms with Gasteiger partial charge in [0.25, 0.3) is 0 Å². The lowest BCUT2D eigenvalue weighted by atomic mass is 10.1. The number of amides is 2. The highest BCUT2D eigenvalue weighted by Crippen LogP contribution is 2.56.